The second-order valence-electron chi connectivity index (χ2n) is 5.54. The molecular formula is C18H18N4O2S. The van der Waals surface area contributed by atoms with E-state index in [2.05, 4.69) is 9.97 Å². The van der Waals surface area contributed by atoms with Crippen molar-refractivity contribution in [3.8, 4) is 0 Å². The zero-order valence-electron chi connectivity index (χ0n) is 14.0. The van der Waals surface area contributed by atoms with Crippen molar-refractivity contribution in [2.24, 2.45) is 7.05 Å². The van der Waals surface area contributed by atoms with Gasteiger partial charge in [0.05, 0.1) is 34.6 Å². The molecule has 0 radical (unpaired) electrons. The summed E-state index contributed by atoms with van der Waals surface area (Å²) in [7, 11) is 2.05. The third-order valence-electron chi connectivity index (χ3n) is 3.85. The molecule has 3 rings (SSSR count). The van der Waals surface area contributed by atoms with Gasteiger partial charge in [0, 0.05) is 20.3 Å². The number of nitrogens with zero attached hydrogens (tertiary/aromatic N) is 4. The molecule has 0 N–H and O–H groups in total. The summed E-state index contributed by atoms with van der Waals surface area (Å²) in [6.45, 7) is 0. The number of carbonyl (C=O) groups excluding carboxylic acids is 1. The Kier molecular flexibility index (Phi) is 5.04. The molecule has 0 saturated heterocycles. The lowest BCUT2D eigenvalue weighted by Crippen LogP contribution is -2.28. The Bertz CT molecular complexity index is 894. The van der Waals surface area contributed by atoms with Crippen LogP contribution in [0, 0.1) is 0 Å². The van der Waals surface area contributed by atoms with Gasteiger partial charge in [0.25, 0.3) is 5.91 Å². The number of rotatable bonds is 5. The Balaban J connectivity index is 1.81. The first-order valence-corrected chi connectivity index (χ1v) is 9.02. The third kappa shape index (κ3) is 3.66. The van der Waals surface area contributed by atoms with Gasteiger partial charge in [-0.15, -0.1) is 0 Å². The average molecular weight is 354 g/mol. The lowest BCUT2D eigenvalue weighted by Gasteiger charge is -2.17. The summed E-state index contributed by atoms with van der Waals surface area (Å²) in [5, 5.41) is 0.381. The molecule has 25 heavy (non-hydrogen) atoms. The minimum Gasteiger partial charge on any atom is -0.316 e. The van der Waals surface area contributed by atoms with E-state index in [4.69, 9.17) is 0 Å². The third-order valence-corrected chi connectivity index (χ3v) is 5.23. The monoisotopic (exact) mass is 354 g/mol. The van der Waals surface area contributed by atoms with E-state index in [1.807, 2.05) is 30.3 Å². The Labute approximate surface area is 148 Å². The predicted molar refractivity (Wildman–Crippen MR) is 96.7 cm³/mol. The molecule has 0 aliphatic heterocycles. The molecule has 0 spiro atoms. The number of anilines is 1. The molecule has 0 bridgehead atoms. The zero-order chi connectivity index (χ0) is 17.8. The topological polar surface area (TPSA) is 68.1 Å². The summed E-state index contributed by atoms with van der Waals surface area (Å²) in [6.07, 6.45) is 4.73. The Morgan fingerprint density at radius 1 is 1.16 bits per heavy atom. The van der Waals surface area contributed by atoms with Crippen molar-refractivity contribution in [2.75, 3.05) is 11.9 Å². The molecule has 1 unspecified atom stereocenters. The van der Waals surface area contributed by atoms with E-state index in [9.17, 15) is 9.00 Å². The molecule has 6 nitrogen and oxygen atoms in total. The van der Waals surface area contributed by atoms with Crippen molar-refractivity contribution >= 4 is 22.4 Å². The molecule has 2 aromatic heterocycles. The number of aromatic nitrogens is 3. The largest absolute Gasteiger partial charge is 0.316 e. The van der Waals surface area contributed by atoms with E-state index in [-0.39, 0.29) is 5.91 Å². The van der Waals surface area contributed by atoms with Gasteiger partial charge in [-0.05, 0) is 17.7 Å². The van der Waals surface area contributed by atoms with Crippen LogP contribution in [0.1, 0.15) is 16.1 Å². The molecule has 0 aliphatic carbocycles. The van der Waals surface area contributed by atoms with Crippen LogP contribution < -0.4 is 4.90 Å². The first-order valence-electron chi connectivity index (χ1n) is 7.70. The van der Waals surface area contributed by atoms with Crippen LogP contribution in [0.15, 0.2) is 66.2 Å². The smallest absolute Gasteiger partial charge is 0.276 e. The normalized spacial score (nSPS) is 11.9. The van der Waals surface area contributed by atoms with Gasteiger partial charge in [-0.1, -0.05) is 30.3 Å². The highest BCUT2D eigenvalue weighted by Crippen LogP contribution is 2.17. The number of amides is 1. The van der Waals surface area contributed by atoms with Crippen LogP contribution in [0.3, 0.4) is 0 Å². The maximum atomic E-state index is 12.7. The van der Waals surface area contributed by atoms with E-state index < -0.39 is 10.8 Å². The van der Waals surface area contributed by atoms with Gasteiger partial charge in [0.15, 0.2) is 5.16 Å². The number of hydrogen-bond acceptors (Lipinski definition) is 4. The molecule has 0 aliphatic rings. The second kappa shape index (κ2) is 7.40. The fourth-order valence-corrected chi connectivity index (χ4v) is 3.63. The van der Waals surface area contributed by atoms with Gasteiger partial charge >= 0.3 is 0 Å². The van der Waals surface area contributed by atoms with Crippen LogP contribution >= 0.6 is 0 Å². The number of carbonyl (C=O) groups is 1. The van der Waals surface area contributed by atoms with Gasteiger partial charge in [-0.3, -0.25) is 14.0 Å². The van der Waals surface area contributed by atoms with Gasteiger partial charge in [0.1, 0.15) is 5.69 Å². The van der Waals surface area contributed by atoms with E-state index in [0.29, 0.717) is 22.3 Å². The standard InChI is InChI=1S/C18H18N4O2S/c1-21(15-9-6-10-19-11-15)17(23)16-12-20-18(22(16)2)25(24)13-14-7-4-3-5-8-14/h3-12H,13H2,1-2H3. The predicted octanol–water partition coefficient (Wildman–Crippen LogP) is 2.40. The van der Waals surface area contributed by atoms with Crippen LogP contribution in [-0.4, -0.2) is 31.7 Å². The fraction of sp³-hybridized carbons (Fsp3) is 0.167. The van der Waals surface area contributed by atoms with Crippen molar-refractivity contribution in [1.29, 1.82) is 0 Å². The number of imidazole rings is 1. The van der Waals surface area contributed by atoms with Crippen molar-refractivity contribution in [3.05, 3.63) is 72.3 Å². The maximum absolute atomic E-state index is 12.7. The minimum absolute atomic E-state index is 0.231. The van der Waals surface area contributed by atoms with Crippen molar-refractivity contribution in [3.63, 3.8) is 0 Å². The van der Waals surface area contributed by atoms with Crippen molar-refractivity contribution < 1.29 is 9.00 Å². The van der Waals surface area contributed by atoms with Crippen molar-refractivity contribution in [1.82, 2.24) is 14.5 Å². The number of hydrogen-bond donors (Lipinski definition) is 0. The highest BCUT2D eigenvalue weighted by Gasteiger charge is 2.21. The Hall–Kier alpha value is -2.80. The second-order valence-corrected chi connectivity index (χ2v) is 6.88. The van der Waals surface area contributed by atoms with Gasteiger partial charge in [0.2, 0.25) is 0 Å². The summed E-state index contributed by atoms with van der Waals surface area (Å²) < 4.78 is 14.2. The van der Waals surface area contributed by atoms with Crippen LogP contribution in [0.4, 0.5) is 5.69 Å². The Morgan fingerprint density at radius 3 is 2.60 bits per heavy atom. The van der Waals surface area contributed by atoms with Crippen molar-refractivity contribution in [2.45, 2.75) is 10.9 Å². The van der Waals surface area contributed by atoms with Gasteiger partial charge in [-0.2, -0.15) is 0 Å². The van der Waals surface area contributed by atoms with Gasteiger partial charge < -0.3 is 9.47 Å². The summed E-state index contributed by atoms with van der Waals surface area (Å²) >= 11 is 0. The zero-order valence-corrected chi connectivity index (χ0v) is 14.8. The summed E-state index contributed by atoms with van der Waals surface area (Å²) in [5.41, 5.74) is 2.02. The van der Waals surface area contributed by atoms with Crippen LogP contribution in [-0.2, 0) is 23.6 Å². The molecule has 1 amide bonds. The van der Waals surface area contributed by atoms with E-state index in [1.54, 1.807) is 43.2 Å². The first-order chi connectivity index (χ1) is 12.1. The number of pyridine rings is 1. The van der Waals surface area contributed by atoms with Crippen LogP contribution in [0.5, 0.6) is 0 Å². The first kappa shape index (κ1) is 17.0. The van der Waals surface area contributed by atoms with E-state index in [0.717, 1.165) is 5.56 Å². The molecule has 3 aromatic rings. The summed E-state index contributed by atoms with van der Waals surface area (Å²) in [6, 6.07) is 13.1. The molecular weight excluding hydrogens is 336 g/mol. The molecule has 0 saturated carbocycles. The molecule has 7 heteroatoms. The van der Waals surface area contributed by atoms with Crippen LogP contribution in [0.2, 0.25) is 0 Å². The highest BCUT2D eigenvalue weighted by atomic mass is 32.2. The quantitative estimate of drug-likeness (QED) is 0.706. The van der Waals surface area contributed by atoms with Crippen LogP contribution in [0.25, 0.3) is 0 Å². The SMILES string of the molecule is CN(C(=O)c1cnc(S(=O)Cc2ccccc2)n1C)c1cccnc1. The Morgan fingerprint density at radius 2 is 1.92 bits per heavy atom. The average Bonchev–Trinajstić information content (AvgIpc) is 3.03. The number of benzene rings is 1. The fourth-order valence-electron chi connectivity index (χ4n) is 2.43. The molecule has 128 valence electrons. The lowest BCUT2D eigenvalue weighted by molar-refractivity contribution is 0.0984. The maximum Gasteiger partial charge on any atom is 0.276 e. The van der Waals surface area contributed by atoms with E-state index in [1.165, 1.54) is 11.1 Å². The molecule has 0 fully saturated rings. The van der Waals surface area contributed by atoms with Gasteiger partial charge in [-0.25, -0.2) is 4.98 Å². The minimum atomic E-state index is -1.33. The lowest BCUT2D eigenvalue weighted by atomic mass is 10.2. The summed E-state index contributed by atoms with van der Waals surface area (Å²) in [5.74, 6) is 0.128. The highest BCUT2D eigenvalue weighted by molar-refractivity contribution is 7.84. The van der Waals surface area contributed by atoms with E-state index >= 15 is 0 Å². The summed E-state index contributed by atoms with van der Waals surface area (Å²) in [4.78, 5) is 22.4. The molecule has 1 atom stereocenters. The molecule has 2 heterocycles. The molecule has 1 aromatic carbocycles.